The average molecular weight is 382 g/mol. The molecule has 8 heteroatoms. The molecule has 1 aromatic carbocycles. The summed E-state index contributed by atoms with van der Waals surface area (Å²) in [5, 5.41) is 4.62. The zero-order valence-electron chi connectivity index (χ0n) is 14.6. The molecule has 4 N–H and O–H groups in total. The number of rotatable bonds is 5. The van der Waals surface area contributed by atoms with Crippen molar-refractivity contribution in [2.24, 2.45) is 5.84 Å². The van der Waals surface area contributed by atoms with Crippen molar-refractivity contribution in [2.75, 3.05) is 11.9 Å². The van der Waals surface area contributed by atoms with Gasteiger partial charge in [0.25, 0.3) is 11.8 Å². The first-order valence-electron chi connectivity index (χ1n) is 8.14. The molecule has 1 aliphatic rings. The van der Waals surface area contributed by atoms with Crippen LogP contribution in [0.3, 0.4) is 0 Å². The van der Waals surface area contributed by atoms with Crippen LogP contribution in [0.2, 0.25) is 0 Å². The number of benzene rings is 1. The Bertz CT molecular complexity index is 930. The number of thiophene rings is 1. The fourth-order valence-electron chi connectivity index (χ4n) is 2.70. The minimum atomic E-state index is -0.471. The summed E-state index contributed by atoms with van der Waals surface area (Å²) in [7, 11) is 0. The monoisotopic (exact) mass is 382 g/mol. The third kappa shape index (κ3) is 4.30. The van der Waals surface area contributed by atoms with Gasteiger partial charge in [-0.2, -0.15) is 0 Å². The Kier molecular flexibility index (Phi) is 5.49. The van der Waals surface area contributed by atoms with E-state index in [4.69, 9.17) is 5.84 Å². The van der Waals surface area contributed by atoms with Crippen molar-refractivity contribution in [1.82, 2.24) is 10.3 Å². The molecule has 0 fully saturated rings. The Morgan fingerprint density at radius 2 is 1.96 bits per heavy atom. The van der Waals surface area contributed by atoms with Crippen molar-refractivity contribution in [2.45, 2.75) is 6.92 Å². The number of hydrogen-bond acceptors (Lipinski definition) is 5. The van der Waals surface area contributed by atoms with Gasteiger partial charge >= 0.3 is 0 Å². The van der Waals surface area contributed by atoms with Gasteiger partial charge in [0.15, 0.2) is 0 Å². The van der Waals surface area contributed by atoms with E-state index in [2.05, 4.69) is 10.7 Å². The third-order valence-corrected chi connectivity index (χ3v) is 4.70. The maximum atomic E-state index is 12.8. The molecular weight excluding hydrogens is 364 g/mol. The summed E-state index contributed by atoms with van der Waals surface area (Å²) < 4.78 is 0. The molecular formula is C19H18N4O3S. The van der Waals surface area contributed by atoms with Gasteiger partial charge in [-0.05, 0) is 41.3 Å². The second-order valence-corrected chi connectivity index (χ2v) is 6.84. The highest BCUT2D eigenvalue weighted by molar-refractivity contribution is 7.10. The predicted octanol–water partition coefficient (Wildman–Crippen LogP) is 1.96. The number of carbonyl (C=O) groups excluding carboxylic acids is 3. The number of amides is 3. The number of nitrogens with one attached hydrogen (secondary N) is 2. The largest absolute Gasteiger partial charge is 0.326 e. The summed E-state index contributed by atoms with van der Waals surface area (Å²) in [4.78, 5) is 38.1. The first kappa shape index (κ1) is 18.6. The Labute approximate surface area is 160 Å². The molecule has 1 aromatic heterocycles. The number of carbonyl (C=O) groups is 3. The number of hydrazine groups is 1. The van der Waals surface area contributed by atoms with Gasteiger partial charge in [-0.25, -0.2) is 5.84 Å². The van der Waals surface area contributed by atoms with Gasteiger partial charge in [-0.15, -0.1) is 11.3 Å². The van der Waals surface area contributed by atoms with E-state index >= 15 is 0 Å². The van der Waals surface area contributed by atoms with Gasteiger partial charge in [-0.3, -0.25) is 24.7 Å². The SMILES string of the molecule is CC(=O)Nc1ccc(C2=C/C(=C\c3cccs3)C(=O)N2CC(=O)NN)cc1. The van der Waals surface area contributed by atoms with Crippen LogP contribution in [0, 0.1) is 0 Å². The standard InChI is InChI=1S/C19H18N4O3S/c1-12(24)21-15-6-4-13(5-7-15)17-10-14(9-16-3-2-8-27-16)19(26)23(17)11-18(25)22-20/h2-10H,11,20H2,1H3,(H,21,24)(H,22,25)/b14-9+. The van der Waals surface area contributed by atoms with E-state index in [-0.39, 0.29) is 18.4 Å². The van der Waals surface area contributed by atoms with Crippen LogP contribution in [0.5, 0.6) is 0 Å². The van der Waals surface area contributed by atoms with E-state index < -0.39 is 5.91 Å². The molecule has 3 rings (SSSR count). The fraction of sp³-hybridized carbons (Fsp3) is 0.105. The van der Waals surface area contributed by atoms with Crippen LogP contribution in [0.1, 0.15) is 17.4 Å². The highest BCUT2D eigenvalue weighted by atomic mass is 32.1. The average Bonchev–Trinajstić information content (AvgIpc) is 3.25. The molecule has 0 saturated heterocycles. The van der Waals surface area contributed by atoms with Crippen LogP contribution in [-0.2, 0) is 14.4 Å². The van der Waals surface area contributed by atoms with Crippen molar-refractivity contribution in [3.8, 4) is 0 Å². The maximum absolute atomic E-state index is 12.8. The topological polar surface area (TPSA) is 105 Å². The Morgan fingerprint density at radius 3 is 2.56 bits per heavy atom. The number of nitrogens with two attached hydrogens (primary N) is 1. The van der Waals surface area contributed by atoms with Crippen LogP contribution >= 0.6 is 11.3 Å². The molecule has 0 spiro atoms. The molecule has 27 heavy (non-hydrogen) atoms. The molecule has 0 aliphatic carbocycles. The molecule has 0 unspecified atom stereocenters. The smallest absolute Gasteiger partial charge is 0.258 e. The summed E-state index contributed by atoms with van der Waals surface area (Å²) in [6.07, 6.45) is 3.54. The normalized spacial score (nSPS) is 15.0. The minimum absolute atomic E-state index is 0.166. The Hall–Kier alpha value is -3.23. The van der Waals surface area contributed by atoms with Crippen LogP contribution in [0.15, 0.2) is 53.4 Å². The molecule has 7 nitrogen and oxygen atoms in total. The lowest BCUT2D eigenvalue weighted by molar-refractivity contribution is -0.129. The molecule has 0 atom stereocenters. The highest BCUT2D eigenvalue weighted by Crippen LogP contribution is 2.31. The highest BCUT2D eigenvalue weighted by Gasteiger charge is 2.30. The van der Waals surface area contributed by atoms with Crippen molar-refractivity contribution >= 4 is 46.5 Å². The molecule has 0 radical (unpaired) electrons. The van der Waals surface area contributed by atoms with Crippen LogP contribution in [0.4, 0.5) is 5.69 Å². The van der Waals surface area contributed by atoms with Crippen molar-refractivity contribution in [1.29, 1.82) is 0 Å². The summed E-state index contributed by atoms with van der Waals surface area (Å²) in [6.45, 7) is 1.25. The number of anilines is 1. The molecule has 2 aromatic rings. The summed E-state index contributed by atoms with van der Waals surface area (Å²) in [5.41, 5.74) is 4.53. The molecule has 2 heterocycles. The minimum Gasteiger partial charge on any atom is -0.326 e. The first-order valence-corrected chi connectivity index (χ1v) is 9.02. The Balaban J connectivity index is 1.95. The quantitative estimate of drug-likeness (QED) is 0.318. The van der Waals surface area contributed by atoms with Crippen molar-refractivity contribution in [3.63, 3.8) is 0 Å². The van der Waals surface area contributed by atoms with Gasteiger partial charge < -0.3 is 5.32 Å². The van der Waals surface area contributed by atoms with Crippen molar-refractivity contribution < 1.29 is 14.4 Å². The van der Waals surface area contributed by atoms with Gasteiger partial charge in [0.1, 0.15) is 6.54 Å². The van der Waals surface area contributed by atoms with E-state index in [1.165, 1.54) is 23.2 Å². The van der Waals surface area contributed by atoms with Crippen LogP contribution in [0.25, 0.3) is 11.8 Å². The van der Waals surface area contributed by atoms with Crippen LogP contribution < -0.4 is 16.6 Å². The van der Waals surface area contributed by atoms with E-state index in [0.29, 0.717) is 17.0 Å². The van der Waals surface area contributed by atoms with E-state index in [0.717, 1.165) is 10.4 Å². The van der Waals surface area contributed by atoms with E-state index in [1.54, 1.807) is 36.4 Å². The van der Waals surface area contributed by atoms with Crippen LogP contribution in [-0.4, -0.2) is 29.2 Å². The fourth-order valence-corrected chi connectivity index (χ4v) is 3.36. The molecule has 0 bridgehead atoms. The van der Waals surface area contributed by atoms with Gasteiger partial charge in [0, 0.05) is 23.1 Å². The Morgan fingerprint density at radius 1 is 1.22 bits per heavy atom. The van der Waals surface area contributed by atoms with Gasteiger partial charge in [0.05, 0.1) is 5.70 Å². The summed E-state index contributed by atoms with van der Waals surface area (Å²) >= 11 is 1.52. The lowest BCUT2D eigenvalue weighted by Crippen LogP contribution is -2.40. The third-order valence-electron chi connectivity index (χ3n) is 3.88. The molecule has 0 saturated carbocycles. The second kappa shape index (κ2) is 7.98. The zero-order valence-corrected chi connectivity index (χ0v) is 15.4. The lowest BCUT2D eigenvalue weighted by Gasteiger charge is -2.19. The van der Waals surface area contributed by atoms with Gasteiger partial charge in [0.2, 0.25) is 5.91 Å². The predicted molar refractivity (Wildman–Crippen MR) is 105 cm³/mol. The van der Waals surface area contributed by atoms with Crippen molar-refractivity contribution in [3.05, 3.63) is 63.9 Å². The van der Waals surface area contributed by atoms with Gasteiger partial charge in [-0.1, -0.05) is 18.2 Å². The van der Waals surface area contributed by atoms with E-state index in [9.17, 15) is 14.4 Å². The maximum Gasteiger partial charge on any atom is 0.258 e. The molecule has 1 aliphatic heterocycles. The first-order chi connectivity index (χ1) is 13.0. The second-order valence-electron chi connectivity index (χ2n) is 5.86. The number of hydrogen-bond donors (Lipinski definition) is 3. The molecule has 3 amide bonds. The molecule has 138 valence electrons. The number of nitrogens with zero attached hydrogens (tertiary/aromatic N) is 1. The lowest BCUT2D eigenvalue weighted by atomic mass is 10.1. The summed E-state index contributed by atoms with van der Waals surface area (Å²) in [5.74, 6) is 4.27. The zero-order chi connectivity index (χ0) is 19.4. The van der Waals surface area contributed by atoms with E-state index in [1.807, 2.05) is 17.5 Å². The summed E-state index contributed by atoms with van der Waals surface area (Å²) in [6, 6.07) is 10.9.